The number of aliphatic hydroxyl groups excluding tert-OH is 1. The molecule has 1 aromatic carbocycles. The van der Waals surface area contributed by atoms with Crippen molar-refractivity contribution in [3.05, 3.63) is 23.2 Å². The number of aliphatic hydroxyl groups is 1. The third-order valence-corrected chi connectivity index (χ3v) is 5.53. The summed E-state index contributed by atoms with van der Waals surface area (Å²) in [4.78, 5) is 0.129. The molecule has 0 saturated heterocycles. The van der Waals surface area contributed by atoms with Gasteiger partial charge in [0.1, 0.15) is 5.75 Å². The van der Waals surface area contributed by atoms with Gasteiger partial charge in [-0.1, -0.05) is 11.6 Å². The molecule has 0 unspecified atom stereocenters. The Hall–Kier alpha value is -0.820. The molecule has 1 fully saturated rings. The maximum Gasteiger partial charge on any atom is 0.240 e. The first-order valence-electron chi connectivity index (χ1n) is 6.93. The molecule has 21 heavy (non-hydrogen) atoms. The van der Waals surface area contributed by atoms with Crippen LogP contribution in [0.5, 0.6) is 5.75 Å². The van der Waals surface area contributed by atoms with Gasteiger partial charge in [-0.3, -0.25) is 0 Å². The standard InChI is InChI=1S/C14H20ClNO4S/c1-20-14-7-6-12(8-13(14)15)21(18,19)16-9-10-2-4-11(17)5-3-10/h6-8,10-11,16-17H,2-5,9H2,1H3. The van der Waals surface area contributed by atoms with E-state index in [0.29, 0.717) is 12.3 Å². The molecule has 2 rings (SSSR count). The SMILES string of the molecule is COc1ccc(S(=O)(=O)NCC2CCC(O)CC2)cc1Cl. The highest BCUT2D eigenvalue weighted by molar-refractivity contribution is 7.89. The lowest BCUT2D eigenvalue weighted by molar-refractivity contribution is 0.109. The first-order valence-corrected chi connectivity index (χ1v) is 8.80. The zero-order valence-corrected chi connectivity index (χ0v) is 13.5. The summed E-state index contributed by atoms with van der Waals surface area (Å²) in [5.41, 5.74) is 0. The van der Waals surface area contributed by atoms with Crippen molar-refractivity contribution < 1.29 is 18.3 Å². The van der Waals surface area contributed by atoms with E-state index < -0.39 is 10.0 Å². The van der Waals surface area contributed by atoms with Crippen molar-refractivity contribution in [1.82, 2.24) is 4.72 Å². The van der Waals surface area contributed by atoms with E-state index in [-0.39, 0.29) is 21.9 Å². The van der Waals surface area contributed by atoms with E-state index in [1.807, 2.05) is 0 Å². The molecule has 0 spiro atoms. The Bertz CT molecular complexity index is 583. The van der Waals surface area contributed by atoms with Gasteiger partial charge in [0.2, 0.25) is 10.0 Å². The number of methoxy groups -OCH3 is 1. The van der Waals surface area contributed by atoms with Gasteiger partial charge in [-0.15, -0.1) is 0 Å². The van der Waals surface area contributed by atoms with Crippen molar-refractivity contribution in [1.29, 1.82) is 0 Å². The third-order valence-electron chi connectivity index (χ3n) is 3.81. The summed E-state index contributed by atoms with van der Waals surface area (Å²) in [5, 5.41) is 9.71. The number of halogens is 1. The van der Waals surface area contributed by atoms with Gasteiger partial charge in [0.15, 0.2) is 0 Å². The highest BCUT2D eigenvalue weighted by Gasteiger charge is 2.22. The number of ether oxygens (including phenoxy) is 1. The molecule has 118 valence electrons. The maximum atomic E-state index is 12.2. The number of sulfonamides is 1. The lowest BCUT2D eigenvalue weighted by Gasteiger charge is -2.25. The highest BCUT2D eigenvalue weighted by Crippen LogP contribution is 2.27. The minimum atomic E-state index is -3.57. The van der Waals surface area contributed by atoms with Gasteiger partial charge in [0.25, 0.3) is 0 Å². The van der Waals surface area contributed by atoms with Crippen LogP contribution in [-0.4, -0.2) is 33.3 Å². The van der Waals surface area contributed by atoms with E-state index in [4.69, 9.17) is 16.3 Å². The molecule has 0 aliphatic heterocycles. The Labute approximate surface area is 130 Å². The van der Waals surface area contributed by atoms with E-state index in [2.05, 4.69) is 4.72 Å². The summed E-state index contributed by atoms with van der Waals surface area (Å²) in [6.07, 6.45) is 2.92. The smallest absolute Gasteiger partial charge is 0.240 e. The van der Waals surface area contributed by atoms with Crippen molar-refractivity contribution in [3.63, 3.8) is 0 Å². The molecule has 5 nitrogen and oxygen atoms in total. The topological polar surface area (TPSA) is 75.6 Å². The normalized spacial score (nSPS) is 23.0. The predicted molar refractivity (Wildman–Crippen MR) is 81.2 cm³/mol. The van der Waals surface area contributed by atoms with Gasteiger partial charge < -0.3 is 9.84 Å². The molecule has 1 aromatic rings. The van der Waals surface area contributed by atoms with Crippen LogP contribution in [-0.2, 0) is 10.0 Å². The number of rotatable bonds is 5. The van der Waals surface area contributed by atoms with Gasteiger partial charge in [-0.25, -0.2) is 13.1 Å². The zero-order chi connectivity index (χ0) is 15.5. The molecular weight excluding hydrogens is 314 g/mol. The monoisotopic (exact) mass is 333 g/mol. The summed E-state index contributed by atoms with van der Waals surface area (Å²) in [5.74, 6) is 0.716. The molecule has 0 atom stereocenters. The van der Waals surface area contributed by atoms with E-state index in [1.54, 1.807) is 0 Å². The summed E-state index contributed by atoms with van der Waals surface area (Å²) >= 11 is 5.96. The molecule has 2 N–H and O–H groups in total. The Morgan fingerprint density at radius 3 is 2.57 bits per heavy atom. The Morgan fingerprint density at radius 1 is 1.33 bits per heavy atom. The molecule has 0 bridgehead atoms. The van der Waals surface area contributed by atoms with Crippen molar-refractivity contribution in [2.75, 3.05) is 13.7 Å². The van der Waals surface area contributed by atoms with E-state index in [9.17, 15) is 13.5 Å². The van der Waals surface area contributed by atoms with Crippen molar-refractivity contribution in [2.45, 2.75) is 36.7 Å². The highest BCUT2D eigenvalue weighted by atomic mass is 35.5. The number of nitrogens with one attached hydrogen (secondary N) is 1. The summed E-state index contributed by atoms with van der Waals surface area (Å²) in [6.45, 7) is 0.388. The molecule has 1 aliphatic rings. The average molecular weight is 334 g/mol. The first-order chi connectivity index (χ1) is 9.92. The van der Waals surface area contributed by atoms with Gasteiger partial charge in [0.05, 0.1) is 23.1 Å². The lowest BCUT2D eigenvalue weighted by atomic mass is 9.88. The summed E-state index contributed by atoms with van der Waals surface area (Å²) in [7, 11) is -2.10. The van der Waals surface area contributed by atoms with Gasteiger partial charge >= 0.3 is 0 Å². The number of hydrogen-bond acceptors (Lipinski definition) is 4. The van der Waals surface area contributed by atoms with Crippen LogP contribution in [0.3, 0.4) is 0 Å². The molecule has 0 amide bonds. The Balaban J connectivity index is 2.00. The largest absolute Gasteiger partial charge is 0.495 e. The fraction of sp³-hybridized carbons (Fsp3) is 0.571. The van der Waals surface area contributed by atoms with E-state index >= 15 is 0 Å². The van der Waals surface area contributed by atoms with E-state index in [0.717, 1.165) is 25.7 Å². The average Bonchev–Trinajstić information content (AvgIpc) is 2.46. The van der Waals surface area contributed by atoms with Crippen LogP contribution in [0, 0.1) is 5.92 Å². The lowest BCUT2D eigenvalue weighted by Crippen LogP contribution is -2.32. The molecule has 7 heteroatoms. The van der Waals surface area contributed by atoms with Crippen LogP contribution in [0.25, 0.3) is 0 Å². The van der Waals surface area contributed by atoms with E-state index in [1.165, 1.54) is 25.3 Å². The van der Waals surface area contributed by atoms with Crippen LogP contribution in [0.15, 0.2) is 23.1 Å². The Morgan fingerprint density at radius 2 is 2.00 bits per heavy atom. The van der Waals surface area contributed by atoms with Crippen molar-refractivity contribution in [3.8, 4) is 5.75 Å². The van der Waals surface area contributed by atoms with Crippen LogP contribution < -0.4 is 9.46 Å². The van der Waals surface area contributed by atoms with Crippen molar-refractivity contribution in [2.24, 2.45) is 5.92 Å². The first kappa shape index (κ1) is 16.5. The second-order valence-electron chi connectivity index (χ2n) is 5.32. The van der Waals surface area contributed by atoms with Crippen LogP contribution in [0.2, 0.25) is 5.02 Å². The van der Waals surface area contributed by atoms with Crippen LogP contribution in [0.4, 0.5) is 0 Å². The molecule has 1 aliphatic carbocycles. The van der Waals surface area contributed by atoms with Gasteiger partial charge in [0, 0.05) is 6.54 Å². The van der Waals surface area contributed by atoms with Crippen LogP contribution >= 0.6 is 11.6 Å². The minimum Gasteiger partial charge on any atom is -0.495 e. The second kappa shape index (κ2) is 6.96. The number of benzene rings is 1. The maximum absolute atomic E-state index is 12.2. The third kappa shape index (κ3) is 4.32. The molecular formula is C14H20ClNO4S. The number of hydrogen-bond donors (Lipinski definition) is 2. The minimum absolute atomic E-state index is 0.129. The quantitative estimate of drug-likeness (QED) is 0.866. The zero-order valence-electron chi connectivity index (χ0n) is 11.9. The summed E-state index contributed by atoms with van der Waals surface area (Å²) in [6, 6.07) is 4.39. The Kier molecular flexibility index (Phi) is 5.48. The van der Waals surface area contributed by atoms with Gasteiger partial charge in [-0.2, -0.15) is 0 Å². The van der Waals surface area contributed by atoms with Crippen LogP contribution in [0.1, 0.15) is 25.7 Å². The fourth-order valence-electron chi connectivity index (χ4n) is 2.47. The summed E-state index contributed by atoms with van der Waals surface area (Å²) < 4.78 is 32.1. The van der Waals surface area contributed by atoms with Gasteiger partial charge in [-0.05, 0) is 49.8 Å². The molecule has 0 aromatic heterocycles. The van der Waals surface area contributed by atoms with Crippen molar-refractivity contribution >= 4 is 21.6 Å². The molecule has 0 heterocycles. The molecule has 0 radical (unpaired) electrons. The predicted octanol–water partition coefficient (Wildman–Crippen LogP) is 2.18. The molecule has 1 saturated carbocycles. The fourth-order valence-corrected chi connectivity index (χ4v) is 3.94. The second-order valence-corrected chi connectivity index (χ2v) is 7.50.